The summed E-state index contributed by atoms with van der Waals surface area (Å²) in [5.74, 6) is -0.704. The number of carboxylic acids is 1. The van der Waals surface area contributed by atoms with E-state index in [1.54, 1.807) is 0 Å². The Labute approximate surface area is 118 Å². The maximum atomic E-state index is 12.4. The number of carbonyl (C=O) groups excluding carboxylic acids is 1. The van der Waals surface area contributed by atoms with Gasteiger partial charge in [0, 0.05) is 51.7 Å². The summed E-state index contributed by atoms with van der Waals surface area (Å²) in [6.45, 7) is 5.30. The molecule has 2 rings (SSSR count). The van der Waals surface area contributed by atoms with Crippen molar-refractivity contribution in [1.82, 2.24) is 14.4 Å². The molecule has 1 aliphatic heterocycles. The van der Waals surface area contributed by atoms with E-state index in [0.29, 0.717) is 19.6 Å². The highest BCUT2D eigenvalue weighted by Crippen LogP contribution is 2.13. The van der Waals surface area contributed by atoms with Crippen LogP contribution in [-0.2, 0) is 11.8 Å². The van der Waals surface area contributed by atoms with E-state index >= 15 is 0 Å². The Morgan fingerprint density at radius 2 is 1.90 bits per heavy atom. The van der Waals surface area contributed by atoms with Crippen LogP contribution in [0.2, 0.25) is 0 Å². The lowest BCUT2D eigenvalue weighted by molar-refractivity contribution is -0.137. The monoisotopic (exact) mass is 279 g/mol. The van der Waals surface area contributed by atoms with Crippen LogP contribution in [-0.4, -0.2) is 64.1 Å². The fourth-order valence-corrected chi connectivity index (χ4v) is 2.43. The molecule has 1 fully saturated rings. The van der Waals surface area contributed by atoms with E-state index in [9.17, 15) is 9.59 Å². The number of carboxylic acid groups (broad SMARTS) is 1. The average Bonchev–Trinajstić information content (AvgIpc) is 2.76. The summed E-state index contributed by atoms with van der Waals surface area (Å²) in [5, 5.41) is 8.67. The molecule has 2 heterocycles. The van der Waals surface area contributed by atoms with Crippen LogP contribution in [0.4, 0.5) is 0 Å². The van der Waals surface area contributed by atoms with Crippen LogP contribution in [0, 0.1) is 6.92 Å². The highest BCUT2D eigenvalue weighted by Gasteiger charge is 2.23. The van der Waals surface area contributed by atoms with Crippen molar-refractivity contribution in [2.45, 2.75) is 13.3 Å². The standard InChI is InChI=1S/C14H21N3O3/c1-11-12(3-5-15(11)2)14(20)17-9-7-16(8-10-17)6-4-13(18)19/h3,5H,4,6-10H2,1-2H3,(H,18,19). The van der Waals surface area contributed by atoms with E-state index in [1.807, 2.05) is 35.7 Å². The summed E-state index contributed by atoms with van der Waals surface area (Å²) in [7, 11) is 1.93. The van der Waals surface area contributed by atoms with Gasteiger partial charge in [-0.15, -0.1) is 0 Å². The number of carbonyl (C=O) groups is 2. The zero-order chi connectivity index (χ0) is 14.7. The molecule has 1 N–H and O–H groups in total. The van der Waals surface area contributed by atoms with Gasteiger partial charge in [0.1, 0.15) is 0 Å². The number of aryl methyl sites for hydroxylation is 1. The maximum Gasteiger partial charge on any atom is 0.304 e. The summed E-state index contributed by atoms with van der Waals surface area (Å²) >= 11 is 0. The molecule has 1 saturated heterocycles. The van der Waals surface area contributed by atoms with Crippen LogP contribution in [0.15, 0.2) is 12.3 Å². The van der Waals surface area contributed by atoms with Crippen molar-refractivity contribution < 1.29 is 14.7 Å². The van der Waals surface area contributed by atoms with Crippen molar-refractivity contribution >= 4 is 11.9 Å². The molecule has 20 heavy (non-hydrogen) atoms. The molecule has 0 unspecified atom stereocenters. The van der Waals surface area contributed by atoms with Crippen molar-refractivity contribution in [2.75, 3.05) is 32.7 Å². The number of nitrogens with zero attached hydrogens (tertiary/aromatic N) is 3. The van der Waals surface area contributed by atoms with Crippen LogP contribution in [0.25, 0.3) is 0 Å². The number of aromatic nitrogens is 1. The summed E-state index contributed by atoms with van der Waals surface area (Å²) < 4.78 is 1.94. The molecule has 1 aromatic heterocycles. The molecular weight excluding hydrogens is 258 g/mol. The van der Waals surface area contributed by atoms with Crippen LogP contribution in [0.5, 0.6) is 0 Å². The second kappa shape index (κ2) is 6.09. The average molecular weight is 279 g/mol. The minimum atomic E-state index is -0.775. The number of piperazine rings is 1. The molecular formula is C14H21N3O3. The van der Waals surface area contributed by atoms with Crippen LogP contribution >= 0.6 is 0 Å². The van der Waals surface area contributed by atoms with Crippen LogP contribution in [0.1, 0.15) is 22.5 Å². The lowest BCUT2D eigenvalue weighted by atomic mass is 10.2. The first kappa shape index (κ1) is 14.6. The van der Waals surface area contributed by atoms with Crippen molar-refractivity contribution in [3.63, 3.8) is 0 Å². The molecule has 0 radical (unpaired) electrons. The minimum Gasteiger partial charge on any atom is -0.481 e. The predicted molar refractivity (Wildman–Crippen MR) is 74.7 cm³/mol. The Balaban J connectivity index is 1.89. The normalized spacial score (nSPS) is 16.4. The van der Waals surface area contributed by atoms with E-state index in [1.165, 1.54) is 0 Å². The van der Waals surface area contributed by atoms with Crippen LogP contribution in [0.3, 0.4) is 0 Å². The number of rotatable bonds is 4. The first-order chi connectivity index (χ1) is 9.49. The molecule has 6 nitrogen and oxygen atoms in total. The lowest BCUT2D eigenvalue weighted by Gasteiger charge is -2.34. The van der Waals surface area contributed by atoms with Crippen molar-refractivity contribution in [3.8, 4) is 0 Å². The molecule has 1 amide bonds. The smallest absolute Gasteiger partial charge is 0.304 e. The van der Waals surface area contributed by atoms with Gasteiger partial charge >= 0.3 is 5.97 Å². The largest absolute Gasteiger partial charge is 0.481 e. The number of amides is 1. The molecule has 0 spiro atoms. The fraction of sp³-hybridized carbons (Fsp3) is 0.571. The Morgan fingerprint density at radius 3 is 2.40 bits per heavy atom. The van der Waals surface area contributed by atoms with Gasteiger partial charge in [0.15, 0.2) is 0 Å². The highest BCUT2D eigenvalue weighted by molar-refractivity contribution is 5.95. The summed E-state index contributed by atoms with van der Waals surface area (Å²) in [4.78, 5) is 26.9. The number of hydrogen-bond donors (Lipinski definition) is 1. The zero-order valence-electron chi connectivity index (χ0n) is 12.0. The second-order valence-electron chi connectivity index (χ2n) is 5.20. The molecule has 0 aromatic carbocycles. The van der Waals surface area contributed by atoms with Crippen molar-refractivity contribution in [1.29, 1.82) is 0 Å². The van der Waals surface area contributed by atoms with Gasteiger partial charge in [-0.1, -0.05) is 0 Å². The van der Waals surface area contributed by atoms with Gasteiger partial charge in [-0.05, 0) is 13.0 Å². The topological polar surface area (TPSA) is 65.8 Å². The number of aliphatic carboxylic acids is 1. The summed E-state index contributed by atoms with van der Waals surface area (Å²) in [5.41, 5.74) is 1.73. The third-order valence-electron chi connectivity index (χ3n) is 3.92. The quantitative estimate of drug-likeness (QED) is 0.875. The lowest BCUT2D eigenvalue weighted by Crippen LogP contribution is -2.49. The van der Waals surface area contributed by atoms with Crippen LogP contribution < -0.4 is 0 Å². The molecule has 0 atom stereocenters. The van der Waals surface area contributed by atoms with E-state index < -0.39 is 5.97 Å². The third-order valence-corrected chi connectivity index (χ3v) is 3.92. The van der Waals surface area contributed by atoms with E-state index in [4.69, 9.17) is 5.11 Å². The van der Waals surface area contributed by atoms with E-state index in [0.717, 1.165) is 24.3 Å². The van der Waals surface area contributed by atoms with E-state index in [2.05, 4.69) is 4.90 Å². The van der Waals surface area contributed by atoms with Gasteiger partial charge in [-0.25, -0.2) is 0 Å². The van der Waals surface area contributed by atoms with Crippen molar-refractivity contribution in [3.05, 3.63) is 23.5 Å². The highest BCUT2D eigenvalue weighted by atomic mass is 16.4. The summed E-state index contributed by atoms with van der Waals surface area (Å²) in [6.07, 6.45) is 2.05. The molecule has 0 bridgehead atoms. The first-order valence-corrected chi connectivity index (χ1v) is 6.84. The number of hydrogen-bond acceptors (Lipinski definition) is 3. The Kier molecular flexibility index (Phi) is 4.44. The van der Waals surface area contributed by atoms with Gasteiger partial charge in [0.05, 0.1) is 12.0 Å². The zero-order valence-corrected chi connectivity index (χ0v) is 12.0. The molecule has 1 aliphatic rings. The first-order valence-electron chi connectivity index (χ1n) is 6.84. The molecule has 0 aliphatic carbocycles. The molecule has 110 valence electrons. The van der Waals surface area contributed by atoms with Crippen molar-refractivity contribution in [2.24, 2.45) is 7.05 Å². The SMILES string of the molecule is Cc1c(C(=O)N2CCN(CCC(=O)O)CC2)ccn1C. The third kappa shape index (κ3) is 3.19. The Bertz CT molecular complexity index is 502. The molecule has 1 aromatic rings. The molecule has 0 saturated carbocycles. The van der Waals surface area contributed by atoms with Gasteiger partial charge in [0.2, 0.25) is 0 Å². The maximum absolute atomic E-state index is 12.4. The predicted octanol–water partition coefficient (Wildman–Crippen LogP) is 0.566. The van der Waals surface area contributed by atoms with Gasteiger partial charge < -0.3 is 14.6 Å². The molecule has 6 heteroatoms. The summed E-state index contributed by atoms with van der Waals surface area (Å²) in [6, 6.07) is 1.86. The van der Waals surface area contributed by atoms with E-state index in [-0.39, 0.29) is 12.3 Å². The minimum absolute atomic E-state index is 0.0704. The van der Waals surface area contributed by atoms with Gasteiger partial charge in [0.25, 0.3) is 5.91 Å². The van der Waals surface area contributed by atoms with Gasteiger partial charge in [-0.2, -0.15) is 0 Å². The fourth-order valence-electron chi connectivity index (χ4n) is 2.43. The second-order valence-corrected chi connectivity index (χ2v) is 5.20. The Hall–Kier alpha value is -1.82. The van der Waals surface area contributed by atoms with Gasteiger partial charge in [-0.3, -0.25) is 14.5 Å². The Morgan fingerprint density at radius 1 is 1.25 bits per heavy atom.